The van der Waals surface area contributed by atoms with Gasteiger partial charge in [-0.05, 0) is 12.1 Å². The number of nitrogens with one attached hydrogen (secondary N) is 2. The van der Waals surface area contributed by atoms with Crippen LogP contribution in [0.5, 0.6) is 5.75 Å². The van der Waals surface area contributed by atoms with Crippen molar-refractivity contribution in [2.75, 3.05) is 37.1 Å². The first-order chi connectivity index (χ1) is 12.7. The third-order valence-electron chi connectivity index (χ3n) is 4.24. The molecule has 3 rings (SSSR count). The van der Waals surface area contributed by atoms with Crippen molar-refractivity contribution in [2.24, 2.45) is 0 Å². The smallest absolute Gasteiger partial charge is 0.195 e. The number of ether oxygens (including phenoxy) is 1. The van der Waals surface area contributed by atoms with Gasteiger partial charge in [0.05, 0.1) is 43.3 Å². The predicted octanol–water partition coefficient (Wildman–Crippen LogP) is 0.848. The van der Waals surface area contributed by atoms with Gasteiger partial charge in [0.25, 0.3) is 0 Å². The molecule has 2 aromatic rings. The second-order valence-electron chi connectivity index (χ2n) is 6.10. The Balaban J connectivity index is 2.02. The van der Waals surface area contributed by atoms with Crippen molar-refractivity contribution in [3.63, 3.8) is 0 Å². The van der Waals surface area contributed by atoms with Crippen LogP contribution in [0.1, 0.15) is 15.9 Å². The summed E-state index contributed by atoms with van der Waals surface area (Å²) in [7, 11) is 0. The van der Waals surface area contributed by atoms with Gasteiger partial charge in [0.15, 0.2) is 11.5 Å². The molecule has 1 aliphatic heterocycles. The maximum atomic E-state index is 12.9. The summed E-state index contributed by atoms with van der Waals surface area (Å²) in [6, 6.07) is 11.4. The van der Waals surface area contributed by atoms with Gasteiger partial charge in [-0.3, -0.25) is 4.79 Å². The van der Waals surface area contributed by atoms with E-state index in [2.05, 4.69) is 10.6 Å². The van der Waals surface area contributed by atoms with Gasteiger partial charge in [-0.15, -0.1) is 0 Å². The van der Waals surface area contributed by atoms with Crippen molar-refractivity contribution in [3.05, 3.63) is 53.6 Å². The average Bonchev–Trinajstić information content (AvgIpc) is 2.71. The van der Waals surface area contributed by atoms with Crippen molar-refractivity contribution in [2.45, 2.75) is 12.1 Å². The summed E-state index contributed by atoms with van der Waals surface area (Å²) in [5.41, 5.74) is 2.02. The molecule has 0 saturated carbocycles. The number of hydrogen-bond acceptors (Lipinski definition) is 7. The summed E-state index contributed by atoms with van der Waals surface area (Å²) < 4.78 is 5.77. The highest BCUT2D eigenvalue weighted by Crippen LogP contribution is 2.40. The minimum atomic E-state index is -0.547. The molecule has 0 aromatic heterocycles. The summed E-state index contributed by atoms with van der Waals surface area (Å²) in [4.78, 5) is 12.9. The molecule has 26 heavy (non-hydrogen) atoms. The Morgan fingerprint density at radius 1 is 1.15 bits per heavy atom. The molecule has 1 aliphatic rings. The van der Waals surface area contributed by atoms with Crippen LogP contribution in [0.2, 0.25) is 0 Å². The van der Waals surface area contributed by atoms with Crippen LogP contribution in [-0.4, -0.2) is 59.6 Å². The molecular weight excluding hydrogens is 336 g/mol. The van der Waals surface area contributed by atoms with Crippen LogP contribution in [-0.2, 0) is 0 Å². The summed E-state index contributed by atoms with van der Waals surface area (Å²) in [5, 5.41) is 34.2. The summed E-state index contributed by atoms with van der Waals surface area (Å²) >= 11 is 0. The van der Waals surface area contributed by atoms with E-state index in [9.17, 15) is 20.1 Å². The van der Waals surface area contributed by atoms with Gasteiger partial charge in [0.2, 0.25) is 0 Å². The number of hydrogen-bond donors (Lipinski definition) is 5. The number of rotatable bonds is 7. The molecule has 0 fully saturated rings. The first-order valence-electron chi connectivity index (χ1n) is 8.43. The standard InChI is InChI=1S/C19H22N2O5/c22-8-13(9-23)20-16-7-6-15(18(25)12-4-2-1-3-5-12)17-19(16)26-11-14(10-24)21-17/h1-7,13-14,20-24H,8-11H2/t14-/m0/s1. The molecule has 0 radical (unpaired) electrons. The monoisotopic (exact) mass is 358 g/mol. The van der Waals surface area contributed by atoms with Crippen molar-refractivity contribution >= 4 is 17.2 Å². The Kier molecular flexibility index (Phi) is 5.72. The first-order valence-corrected chi connectivity index (χ1v) is 8.43. The van der Waals surface area contributed by atoms with Crippen LogP contribution >= 0.6 is 0 Å². The first kappa shape index (κ1) is 18.2. The van der Waals surface area contributed by atoms with E-state index >= 15 is 0 Å². The van der Waals surface area contributed by atoms with Gasteiger partial charge >= 0.3 is 0 Å². The summed E-state index contributed by atoms with van der Waals surface area (Å²) in [5.74, 6) is 0.271. The van der Waals surface area contributed by atoms with E-state index in [1.807, 2.05) is 6.07 Å². The number of aliphatic hydroxyl groups excluding tert-OH is 3. The topological polar surface area (TPSA) is 111 Å². The third kappa shape index (κ3) is 3.65. The molecule has 1 heterocycles. The second-order valence-corrected chi connectivity index (χ2v) is 6.10. The molecule has 0 saturated heterocycles. The van der Waals surface area contributed by atoms with Gasteiger partial charge in [-0.2, -0.15) is 0 Å². The van der Waals surface area contributed by atoms with Crippen LogP contribution in [0, 0.1) is 0 Å². The Labute approximate surface area is 151 Å². The van der Waals surface area contributed by atoms with Crippen LogP contribution in [0.4, 0.5) is 11.4 Å². The number of aliphatic hydroxyl groups is 3. The van der Waals surface area contributed by atoms with Crippen LogP contribution in [0.3, 0.4) is 0 Å². The van der Waals surface area contributed by atoms with E-state index in [0.717, 1.165) is 0 Å². The Morgan fingerprint density at radius 2 is 1.88 bits per heavy atom. The highest BCUT2D eigenvalue weighted by atomic mass is 16.5. The van der Waals surface area contributed by atoms with Gasteiger partial charge in [0, 0.05) is 11.1 Å². The van der Waals surface area contributed by atoms with E-state index in [0.29, 0.717) is 28.3 Å². The van der Waals surface area contributed by atoms with Gasteiger partial charge < -0.3 is 30.7 Å². The van der Waals surface area contributed by atoms with E-state index in [1.54, 1.807) is 36.4 Å². The fraction of sp³-hybridized carbons (Fsp3) is 0.316. The zero-order valence-corrected chi connectivity index (χ0v) is 14.2. The van der Waals surface area contributed by atoms with Crippen molar-refractivity contribution < 1.29 is 24.9 Å². The normalized spacial score (nSPS) is 15.8. The predicted molar refractivity (Wildman–Crippen MR) is 97.9 cm³/mol. The molecule has 0 bridgehead atoms. The van der Waals surface area contributed by atoms with Gasteiger partial charge in [0.1, 0.15) is 6.61 Å². The number of ketones is 1. The van der Waals surface area contributed by atoms with Gasteiger partial charge in [-0.25, -0.2) is 0 Å². The molecular formula is C19H22N2O5. The van der Waals surface area contributed by atoms with E-state index in [-0.39, 0.29) is 38.3 Å². The quantitative estimate of drug-likeness (QED) is 0.467. The number of carbonyl (C=O) groups is 1. The molecule has 5 N–H and O–H groups in total. The maximum Gasteiger partial charge on any atom is 0.195 e. The number of benzene rings is 2. The Hall–Kier alpha value is -2.61. The highest BCUT2D eigenvalue weighted by Gasteiger charge is 2.27. The largest absolute Gasteiger partial charge is 0.487 e. The fourth-order valence-electron chi connectivity index (χ4n) is 2.82. The second kappa shape index (κ2) is 8.18. The molecule has 7 heteroatoms. The van der Waals surface area contributed by atoms with Crippen LogP contribution < -0.4 is 15.4 Å². The van der Waals surface area contributed by atoms with E-state index in [1.165, 1.54) is 0 Å². The molecule has 1 atom stereocenters. The lowest BCUT2D eigenvalue weighted by Gasteiger charge is -2.30. The molecule has 7 nitrogen and oxygen atoms in total. The maximum absolute atomic E-state index is 12.9. The zero-order chi connectivity index (χ0) is 18.5. The molecule has 138 valence electrons. The fourth-order valence-corrected chi connectivity index (χ4v) is 2.82. The van der Waals surface area contributed by atoms with E-state index in [4.69, 9.17) is 4.74 Å². The van der Waals surface area contributed by atoms with Crippen molar-refractivity contribution in [3.8, 4) is 5.75 Å². The van der Waals surface area contributed by atoms with E-state index < -0.39 is 6.04 Å². The average molecular weight is 358 g/mol. The summed E-state index contributed by atoms with van der Waals surface area (Å²) in [6.07, 6.45) is 0. The number of fused-ring (bicyclic) bond motifs is 1. The Morgan fingerprint density at radius 3 is 2.54 bits per heavy atom. The lowest BCUT2D eigenvalue weighted by atomic mass is 9.99. The SMILES string of the molecule is O=C(c1ccccc1)c1ccc(NC(CO)CO)c2c1N[C@@H](CO)CO2. The Bertz CT molecular complexity index is 762. The molecule has 0 aliphatic carbocycles. The number of anilines is 2. The van der Waals surface area contributed by atoms with Gasteiger partial charge in [-0.1, -0.05) is 30.3 Å². The minimum Gasteiger partial charge on any atom is -0.487 e. The lowest BCUT2D eigenvalue weighted by Crippen LogP contribution is -2.36. The summed E-state index contributed by atoms with van der Waals surface area (Å²) in [6.45, 7) is -0.388. The minimum absolute atomic E-state index is 0.133. The highest BCUT2D eigenvalue weighted by molar-refractivity contribution is 6.13. The lowest BCUT2D eigenvalue weighted by molar-refractivity contribution is 0.103. The molecule has 0 unspecified atom stereocenters. The van der Waals surface area contributed by atoms with Crippen LogP contribution in [0.25, 0.3) is 0 Å². The van der Waals surface area contributed by atoms with Crippen molar-refractivity contribution in [1.82, 2.24) is 0 Å². The van der Waals surface area contributed by atoms with Crippen molar-refractivity contribution in [1.29, 1.82) is 0 Å². The molecule has 0 amide bonds. The van der Waals surface area contributed by atoms with Crippen LogP contribution in [0.15, 0.2) is 42.5 Å². The molecule has 0 spiro atoms. The number of carbonyl (C=O) groups excluding carboxylic acids is 1. The molecule has 2 aromatic carbocycles. The third-order valence-corrected chi connectivity index (χ3v) is 4.24. The zero-order valence-electron chi connectivity index (χ0n) is 14.2.